The molecule has 1 saturated heterocycles. The van der Waals surface area contributed by atoms with Crippen LogP contribution in [0, 0.1) is 11.8 Å². The van der Waals surface area contributed by atoms with Gasteiger partial charge in [0.2, 0.25) is 0 Å². The lowest BCUT2D eigenvalue weighted by Gasteiger charge is -2.30. The van der Waals surface area contributed by atoms with Crippen LogP contribution in [0.3, 0.4) is 0 Å². The number of nitrogens with one attached hydrogen (secondary N) is 3. The molecule has 0 bridgehead atoms. The summed E-state index contributed by atoms with van der Waals surface area (Å²) in [6, 6.07) is 0.929. The molecular weight excluding hydrogens is 226 g/mol. The number of hydrogen-bond donors (Lipinski definition) is 3. The molecule has 3 fully saturated rings. The van der Waals surface area contributed by atoms with Crippen LogP contribution in [0.2, 0.25) is 0 Å². The zero-order valence-electron chi connectivity index (χ0n) is 10.8. The summed E-state index contributed by atoms with van der Waals surface area (Å²) in [5.74, 6) is 4.19. The largest absolute Gasteiger partial charge is 0.262 e. The van der Waals surface area contributed by atoms with Crippen LogP contribution >= 0.6 is 0 Å². The number of aromatic nitrogens is 3. The summed E-state index contributed by atoms with van der Waals surface area (Å²) in [6.45, 7) is 2.36. The van der Waals surface area contributed by atoms with Crippen molar-refractivity contribution >= 4 is 0 Å². The van der Waals surface area contributed by atoms with Gasteiger partial charge < -0.3 is 0 Å². The molecule has 0 spiro atoms. The van der Waals surface area contributed by atoms with Crippen molar-refractivity contribution in [2.75, 3.05) is 0 Å². The van der Waals surface area contributed by atoms with Gasteiger partial charge in [-0.1, -0.05) is 6.92 Å². The third-order valence-corrected chi connectivity index (χ3v) is 4.77. The van der Waals surface area contributed by atoms with E-state index in [0.29, 0.717) is 23.9 Å². The summed E-state index contributed by atoms with van der Waals surface area (Å²) in [7, 11) is 0. The molecule has 5 heteroatoms. The number of nitrogens with zero attached hydrogens (tertiary/aromatic N) is 2. The van der Waals surface area contributed by atoms with Crippen molar-refractivity contribution in [2.45, 2.75) is 57.0 Å². The van der Waals surface area contributed by atoms with Gasteiger partial charge in [-0.15, -0.1) is 0 Å². The molecule has 18 heavy (non-hydrogen) atoms. The minimum atomic E-state index is 0.317. The quantitative estimate of drug-likeness (QED) is 0.743. The Morgan fingerprint density at radius 1 is 1.11 bits per heavy atom. The maximum atomic E-state index is 4.70. The number of hydrogen-bond acceptors (Lipinski definition) is 4. The Morgan fingerprint density at radius 3 is 2.83 bits per heavy atom. The first-order valence-corrected chi connectivity index (χ1v) is 7.24. The lowest BCUT2D eigenvalue weighted by atomic mass is 9.76. The van der Waals surface area contributed by atoms with Crippen molar-refractivity contribution in [1.82, 2.24) is 26.0 Å². The van der Waals surface area contributed by atoms with Crippen LogP contribution in [0.4, 0.5) is 0 Å². The van der Waals surface area contributed by atoms with Gasteiger partial charge in [0.1, 0.15) is 5.82 Å². The van der Waals surface area contributed by atoms with Crippen LogP contribution in [0.5, 0.6) is 0 Å². The molecule has 2 saturated carbocycles. The van der Waals surface area contributed by atoms with Gasteiger partial charge in [0.25, 0.3) is 0 Å². The third kappa shape index (κ3) is 1.77. The molecule has 0 radical (unpaired) electrons. The molecule has 3 aliphatic rings. The smallest absolute Gasteiger partial charge is 0.153 e. The first-order chi connectivity index (χ1) is 8.81. The first kappa shape index (κ1) is 10.9. The lowest BCUT2D eigenvalue weighted by Crippen LogP contribution is -2.34. The van der Waals surface area contributed by atoms with Crippen molar-refractivity contribution in [3.63, 3.8) is 0 Å². The number of hydrazine groups is 1. The third-order valence-electron chi connectivity index (χ3n) is 4.77. The highest BCUT2D eigenvalue weighted by Gasteiger charge is 2.41. The Balaban J connectivity index is 1.55. The number of rotatable bonds is 2. The van der Waals surface area contributed by atoms with Crippen LogP contribution in [0.15, 0.2) is 0 Å². The van der Waals surface area contributed by atoms with Gasteiger partial charge >= 0.3 is 0 Å². The van der Waals surface area contributed by atoms with Crippen molar-refractivity contribution in [3.05, 3.63) is 11.6 Å². The molecule has 5 nitrogen and oxygen atoms in total. The Bertz CT molecular complexity index is 438. The fourth-order valence-corrected chi connectivity index (χ4v) is 3.50. The molecule has 2 aliphatic carbocycles. The van der Waals surface area contributed by atoms with Gasteiger partial charge in [-0.05, 0) is 43.9 Å². The van der Waals surface area contributed by atoms with E-state index >= 15 is 0 Å². The summed E-state index contributed by atoms with van der Waals surface area (Å²) in [6.07, 6.45) is 6.42. The minimum Gasteiger partial charge on any atom is -0.262 e. The number of H-pyrrole nitrogens is 1. The molecule has 1 aromatic heterocycles. The van der Waals surface area contributed by atoms with E-state index in [4.69, 9.17) is 4.98 Å². The molecule has 4 unspecified atom stereocenters. The van der Waals surface area contributed by atoms with Crippen molar-refractivity contribution in [1.29, 1.82) is 0 Å². The van der Waals surface area contributed by atoms with Crippen LogP contribution in [0.1, 0.15) is 62.6 Å². The predicted octanol–water partition coefficient (Wildman–Crippen LogP) is 1.64. The van der Waals surface area contributed by atoms with E-state index in [2.05, 4.69) is 28.0 Å². The summed E-state index contributed by atoms with van der Waals surface area (Å²) in [5, 5.41) is 7.53. The molecule has 1 aromatic rings. The fraction of sp³-hybridized carbons (Fsp3) is 0.846. The first-order valence-electron chi connectivity index (χ1n) is 7.24. The van der Waals surface area contributed by atoms with Gasteiger partial charge in [-0.25, -0.2) is 10.4 Å². The lowest BCUT2D eigenvalue weighted by molar-refractivity contribution is 0.242. The predicted molar refractivity (Wildman–Crippen MR) is 67.7 cm³/mol. The normalized spacial score (nSPS) is 39.8. The molecule has 0 aromatic carbocycles. The number of aromatic amines is 1. The summed E-state index contributed by atoms with van der Waals surface area (Å²) in [4.78, 5) is 4.70. The molecule has 4 atom stereocenters. The van der Waals surface area contributed by atoms with E-state index in [-0.39, 0.29) is 0 Å². The van der Waals surface area contributed by atoms with E-state index in [1.54, 1.807) is 0 Å². The zero-order chi connectivity index (χ0) is 12.1. The Hall–Kier alpha value is -0.940. The molecule has 1 aliphatic heterocycles. The Kier molecular flexibility index (Phi) is 2.45. The second-order valence-corrected chi connectivity index (χ2v) is 6.31. The maximum Gasteiger partial charge on any atom is 0.153 e. The van der Waals surface area contributed by atoms with E-state index in [1.807, 2.05) is 0 Å². The number of fused-ring (bicyclic) bond motifs is 1. The molecular formula is C13H21N5. The molecule has 0 amide bonds. The van der Waals surface area contributed by atoms with Crippen LogP contribution < -0.4 is 10.9 Å². The van der Waals surface area contributed by atoms with E-state index in [1.165, 1.54) is 32.1 Å². The van der Waals surface area contributed by atoms with E-state index in [0.717, 1.165) is 17.6 Å². The fourth-order valence-electron chi connectivity index (χ4n) is 3.50. The van der Waals surface area contributed by atoms with Gasteiger partial charge in [-0.3, -0.25) is 10.5 Å². The van der Waals surface area contributed by atoms with Gasteiger partial charge in [0, 0.05) is 12.0 Å². The second kappa shape index (κ2) is 4.03. The Morgan fingerprint density at radius 2 is 2.00 bits per heavy atom. The maximum absolute atomic E-state index is 4.70. The summed E-state index contributed by atoms with van der Waals surface area (Å²) >= 11 is 0. The second-order valence-electron chi connectivity index (χ2n) is 6.31. The summed E-state index contributed by atoms with van der Waals surface area (Å²) in [5.41, 5.74) is 6.87. The molecule has 4 rings (SSSR count). The highest BCUT2D eigenvalue weighted by Crippen LogP contribution is 2.41. The van der Waals surface area contributed by atoms with Crippen molar-refractivity contribution in [2.24, 2.45) is 11.8 Å². The summed E-state index contributed by atoms with van der Waals surface area (Å²) < 4.78 is 0. The van der Waals surface area contributed by atoms with Crippen LogP contribution in [0.25, 0.3) is 0 Å². The monoisotopic (exact) mass is 247 g/mol. The SMILES string of the molecule is CC1CCC2NNC(c3nc(C4CC4)n[nH]3)C2C1. The zero-order valence-corrected chi connectivity index (χ0v) is 10.8. The van der Waals surface area contributed by atoms with E-state index < -0.39 is 0 Å². The van der Waals surface area contributed by atoms with Crippen molar-refractivity contribution < 1.29 is 0 Å². The molecule has 3 N–H and O–H groups in total. The highest BCUT2D eigenvalue weighted by molar-refractivity contribution is 5.10. The highest BCUT2D eigenvalue weighted by atomic mass is 15.4. The molecule has 98 valence electrons. The van der Waals surface area contributed by atoms with Gasteiger partial charge in [-0.2, -0.15) is 5.10 Å². The molecule has 2 heterocycles. The topological polar surface area (TPSA) is 65.6 Å². The van der Waals surface area contributed by atoms with E-state index in [9.17, 15) is 0 Å². The standard InChI is InChI=1S/C13H21N5/c1-7-2-5-10-9(6-7)11(16-15-10)13-14-12(17-18-13)8-3-4-8/h7-11,15-16H,2-6H2,1H3,(H,14,17,18). The van der Waals surface area contributed by atoms with Gasteiger partial charge in [0.05, 0.1) is 6.04 Å². The van der Waals surface area contributed by atoms with Crippen LogP contribution in [-0.2, 0) is 0 Å². The van der Waals surface area contributed by atoms with Crippen molar-refractivity contribution in [3.8, 4) is 0 Å². The van der Waals surface area contributed by atoms with Crippen LogP contribution in [-0.4, -0.2) is 21.2 Å². The minimum absolute atomic E-state index is 0.317. The van der Waals surface area contributed by atoms with Gasteiger partial charge in [0.15, 0.2) is 5.82 Å². The Labute approximate surface area is 107 Å². The average molecular weight is 247 g/mol. The average Bonchev–Trinajstić information content (AvgIpc) is 2.96.